The van der Waals surface area contributed by atoms with Crippen molar-refractivity contribution in [2.75, 3.05) is 20.1 Å². The van der Waals surface area contributed by atoms with Gasteiger partial charge in [-0.05, 0) is 45.8 Å². The van der Waals surface area contributed by atoms with Crippen molar-refractivity contribution in [3.05, 3.63) is 0 Å². The van der Waals surface area contributed by atoms with Crippen molar-refractivity contribution in [2.45, 2.75) is 58.5 Å². The van der Waals surface area contributed by atoms with Crippen molar-refractivity contribution in [1.29, 1.82) is 0 Å². The van der Waals surface area contributed by atoms with Crippen LogP contribution in [0.2, 0.25) is 0 Å². The van der Waals surface area contributed by atoms with Gasteiger partial charge in [0.05, 0.1) is 0 Å². The topological polar surface area (TPSA) is 23.6 Å². The first-order chi connectivity index (χ1) is 7.89. The minimum absolute atomic E-state index is 0.230. The first kappa shape index (κ1) is 12.9. The molecule has 3 nitrogen and oxygen atoms in total. The van der Waals surface area contributed by atoms with Crippen LogP contribution < -0.4 is 0 Å². The number of hydrogen-bond donors (Lipinski definition) is 0. The van der Waals surface area contributed by atoms with Gasteiger partial charge < -0.3 is 9.80 Å². The van der Waals surface area contributed by atoms with Crippen LogP contribution in [0.25, 0.3) is 0 Å². The van der Waals surface area contributed by atoms with E-state index in [2.05, 4.69) is 16.8 Å². The summed E-state index contributed by atoms with van der Waals surface area (Å²) in [5, 5.41) is 0. The molecule has 1 saturated carbocycles. The minimum Gasteiger partial charge on any atom is -0.336 e. The van der Waals surface area contributed by atoms with E-state index in [1.165, 1.54) is 12.8 Å². The van der Waals surface area contributed by atoms with Gasteiger partial charge in [0.15, 0.2) is 0 Å². The summed E-state index contributed by atoms with van der Waals surface area (Å²) >= 11 is 0. The van der Waals surface area contributed by atoms with E-state index in [0.29, 0.717) is 18.0 Å². The summed E-state index contributed by atoms with van der Waals surface area (Å²) in [5.41, 5.74) is -0.230. The highest BCUT2D eigenvalue weighted by Crippen LogP contribution is 2.35. The molecule has 0 bridgehead atoms. The Morgan fingerprint density at radius 2 is 1.53 bits per heavy atom. The number of piperidine rings is 1. The smallest absolute Gasteiger partial charge is 0.228 e. The average molecular weight is 238 g/mol. The lowest BCUT2D eigenvalue weighted by Gasteiger charge is -2.40. The highest BCUT2D eigenvalue weighted by Gasteiger charge is 2.41. The fraction of sp³-hybridized carbons (Fsp3) is 0.929. The maximum atomic E-state index is 12.5. The second kappa shape index (κ2) is 4.60. The number of rotatable bonds is 2. The van der Waals surface area contributed by atoms with Gasteiger partial charge in [-0.2, -0.15) is 0 Å². The number of amides is 1. The SMILES string of the molecule is CN1CCC(N(C(=O)C(C)(C)C)C2CC2)CC1. The molecule has 0 unspecified atom stereocenters. The molecule has 0 N–H and O–H groups in total. The monoisotopic (exact) mass is 238 g/mol. The van der Waals surface area contributed by atoms with Gasteiger partial charge in [0, 0.05) is 17.5 Å². The summed E-state index contributed by atoms with van der Waals surface area (Å²) in [7, 11) is 2.17. The summed E-state index contributed by atoms with van der Waals surface area (Å²) < 4.78 is 0. The molecule has 2 aliphatic rings. The van der Waals surface area contributed by atoms with Crippen molar-refractivity contribution in [3.63, 3.8) is 0 Å². The maximum absolute atomic E-state index is 12.5. The Balaban J connectivity index is 2.05. The third-order valence-electron chi connectivity index (χ3n) is 3.90. The number of hydrogen-bond acceptors (Lipinski definition) is 2. The molecule has 0 aromatic rings. The zero-order valence-corrected chi connectivity index (χ0v) is 11.7. The van der Waals surface area contributed by atoms with E-state index in [4.69, 9.17) is 0 Å². The van der Waals surface area contributed by atoms with Crippen molar-refractivity contribution in [1.82, 2.24) is 9.80 Å². The molecular weight excluding hydrogens is 212 g/mol. The fourth-order valence-corrected chi connectivity index (χ4v) is 2.64. The Hall–Kier alpha value is -0.570. The number of likely N-dealkylation sites (tertiary alicyclic amines) is 1. The quantitative estimate of drug-likeness (QED) is 0.735. The standard InChI is InChI=1S/C14H26N2O/c1-14(2,3)13(17)16(11-5-6-11)12-7-9-15(4)10-8-12/h11-12H,5-10H2,1-4H3. The second-order valence-corrected chi connectivity index (χ2v) is 6.73. The Labute approximate surface area is 105 Å². The molecule has 0 aromatic carbocycles. The van der Waals surface area contributed by atoms with Crippen molar-refractivity contribution in [2.24, 2.45) is 5.41 Å². The van der Waals surface area contributed by atoms with Crippen LogP contribution in [0.3, 0.4) is 0 Å². The highest BCUT2D eigenvalue weighted by molar-refractivity contribution is 5.82. The molecule has 1 amide bonds. The van der Waals surface area contributed by atoms with Gasteiger partial charge in [0.25, 0.3) is 0 Å². The van der Waals surface area contributed by atoms with E-state index >= 15 is 0 Å². The fourth-order valence-electron chi connectivity index (χ4n) is 2.64. The Morgan fingerprint density at radius 3 is 1.94 bits per heavy atom. The third kappa shape index (κ3) is 3.01. The molecule has 1 aliphatic carbocycles. The summed E-state index contributed by atoms with van der Waals surface area (Å²) in [6.45, 7) is 8.38. The molecular formula is C14H26N2O. The lowest BCUT2D eigenvalue weighted by atomic mass is 9.92. The zero-order chi connectivity index (χ0) is 12.6. The zero-order valence-electron chi connectivity index (χ0n) is 11.7. The Morgan fingerprint density at radius 1 is 1.06 bits per heavy atom. The molecule has 0 aromatic heterocycles. The molecule has 0 radical (unpaired) electrons. The molecule has 1 aliphatic heterocycles. The lowest BCUT2D eigenvalue weighted by Crippen LogP contribution is -2.51. The molecule has 17 heavy (non-hydrogen) atoms. The third-order valence-corrected chi connectivity index (χ3v) is 3.90. The van der Waals surface area contributed by atoms with Crippen molar-refractivity contribution >= 4 is 5.91 Å². The van der Waals surface area contributed by atoms with Gasteiger partial charge in [0.1, 0.15) is 0 Å². The first-order valence-electron chi connectivity index (χ1n) is 6.91. The van der Waals surface area contributed by atoms with E-state index in [-0.39, 0.29) is 5.41 Å². The number of carbonyl (C=O) groups is 1. The second-order valence-electron chi connectivity index (χ2n) is 6.73. The number of carbonyl (C=O) groups excluding carboxylic acids is 1. The summed E-state index contributed by atoms with van der Waals surface area (Å²) in [6.07, 6.45) is 4.73. The van der Waals surface area contributed by atoms with Crippen LogP contribution in [0.15, 0.2) is 0 Å². The summed E-state index contributed by atoms with van der Waals surface area (Å²) in [5.74, 6) is 0.356. The highest BCUT2D eigenvalue weighted by atomic mass is 16.2. The first-order valence-corrected chi connectivity index (χ1v) is 6.91. The molecule has 0 atom stereocenters. The van der Waals surface area contributed by atoms with Crippen molar-refractivity contribution < 1.29 is 4.79 Å². The Kier molecular flexibility index (Phi) is 3.48. The molecule has 3 heteroatoms. The molecule has 1 heterocycles. The summed E-state index contributed by atoms with van der Waals surface area (Å²) in [4.78, 5) is 17.1. The lowest BCUT2D eigenvalue weighted by molar-refractivity contribution is -0.143. The van der Waals surface area contributed by atoms with Gasteiger partial charge in [-0.1, -0.05) is 20.8 Å². The minimum atomic E-state index is -0.230. The van der Waals surface area contributed by atoms with Crippen LogP contribution >= 0.6 is 0 Å². The van der Waals surface area contributed by atoms with Gasteiger partial charge in [-0.25, -0.2) is 0 Å². The predicted molar refractivity (Wildman–Crippen MR) is 69.8 cm³/mol. The maximum Gasteiger partial charge on any atom is 0.228 e. The van der Waals surface area contributed by atoms with E-state index in [1.54, 1.807) is 0 Å². The Bertz CT molecular complexity index is 283. The normalized spacial score (nSPS) is 23.8. The van der Waals surface area contributed by atoms with Gasteiger partial charge >= 0.3 is 0 Å². The van der Waals surface area contributed by atoms with Crippen LogP contribution in [-0.2, 0) is 4.79 Å². The van der Waals surface area contributed by atoms with Crippen molar-refractivity contribution in [3.8, 4) is 0 Å². The molecule has 2 rings (SSSR count). The van der Waals surface area contributed by atoms with Gasteiger partial charge in [-0.3, -0.25) is 4.79 Å². The average Bonchev–Trinajstić information content (AvgIpc) is 3.04. The molecule has 2 fully saturated rings. The van der Waals surface area contributed by atoms with E-state index in [9.17, 15) is 4.79 Å². The number of nitrogens with zero attached hydrogens (tertiary/aromatic N) is 2. The summed E-state index contributed by atoms with van der Waals surface area (Å²) in [6, 6.07) is 1.04. The van der Waals surface area contributed by atoms with Crippen LogP contribution in [0, 0.1) is 5.41 Å². The molecule has 1 saturated heterocycles. The van der Waals surface area contributed by atoms with Gasteiger partial charge in [0.2, 0.25) is 5.91 Å². The van der Waals surface area contributed by atoms with Crippen LogP contribution in [0.4, 0.5) is 0 Å². The van der Waals surface area contributed by atoms with Crippen LogP contribution in [0.1, 0.15) is 46.5 Å². The van der Waals surface area contributed by atoms with Crippen LogP contribution in [-0.4, -0.2) is 47.9 Å². The predicted octanol–water partition coefficient (Wildman–Crippen LogP) is 2.12. The van der Waals surface area contributed by atoms with E-state index in [1.807, 2.05) is 20.8 Å². The molecule has 0 spiro atoms. The van der Waals surface area contributed by atoms with Gasteiger partial charge in [-0.15, -0.1) is 0 Å². The van der Waals surface area contributed by atoms with E-state index < -0.39 is 0 Å². The molecule has 98 valence electrons. The van der Waals surface area contributed by atoms with Crippen LogP contribution in [0.5, 0.6) is 0 Å². The largest absolute Gasteiger partial charge is 0.336 e. The van der Waals surface area contributed by atoms with E-state index in [0.717, 1.165) is 25.9 Å².